The third kappa shape index (κ3) is 34.8. The van der Waals surface area contributed by atoms with Crippen molar-refractivity contribution < 1.29 is 9.59 Å². The van der Waals surface area contributed by atoms with Crippen LogP contribution in [0, 0.1) is 0 Å². The Morgan fingerprint density at radius 2 is 0.822 bits per heavy atom. The number of hydrogen-bond acceptors (Lipinski definition) is 4. The Morgan fingerprint density at radius 3 is 1.18 bits per heavy atom. The Balaban J connectivity index is -0.00000280. The van der Waals surface area contributed by atoms with Crippen LogP contribution < -0.4 is 11.5 Å². The van der Waals surface area contributed by atoms with Crippen LogP contribution in [-0.4, -0.2) is 28.9 Å². The largest absolute Gasteiger partial charge is 0.306 e. The number of hydrogen-bond donors (Lipinski definition) is 2. The average molecular weight is 701 g/mol. The summed E-state index contributed by atoms with van der Waals surface area (Å²) in [6, 6.07) is 0. The van der Waals surface area contributed by atoms with Crippen LogP contribution in [0.5, 0.6) is 0 Å². The number of halogens is 3. The fourth-order valence-corrected chi connectivity index (χ4v) is 5.58. The SMILES string of the molecule is CCCCCCCC/C=C\CCCCCCCC(=O)N(CCCCCCCCCCCCCCCC)C(=O)C(C)(N)N.Cl.Cl.Cl. The monoisotopic (exact) mass is 700 g/mol. The van der Waals surface area contributed by atoms with Crippen LogP contribution in [0.1, 0.15) is 201 Å². The third-order valence-electron chi connectivity index (χ3n) is 8.39. The van der Waals surface area contributed by atoms with Gasteiger partial charge in [-0.05, 0) is 45.4 Å². The zero-order valence-electron chi connectivity index (χ0n) is 29.8. The summed E-state index contributed by atoms with van der Waals surface area (Å²) in [4.78, 5) is 27.0. The Morgan fingerprint density at radius 1 is 0.511 bits per heavy atom. The molecule has 0 aliphatic rings. The predicted molar refractivity (Wildman–Crippen MR) is 205 cm³/mol. The van der Waals surface area contributed by atoms with E-state index in [1.54, 1.807) is 0 Å². The number of carbonyl (C=O) groups is 2. The van der Waals surface area contributed by atoms with Crippen molar-refractivity contribution in [3.63, 3.8) is 0 Å². The van der Waals surface area contributed by atoms with Crippen molar-refractivity contribution in [2.75, 3.05) is 6.54 Å². The lowest BCUT2D eigenvalue weighted by molar-refractivity contribution is -0.148. The van der Waals surface area contributed by atoms with Crippen LogP contribution in [0.25, 0.3) is 0 Å². The van der Waals surface area contributed by atoms with E-state index in [1.165, 1.54) is 140 Å². The van der Waals surface area contributed by atoms with E-state index in [0.29, 0.717) is 13.0 Å². The molecule has 272 valence electrons. The number of imide groups is 1. The molecule has 0 fully saturated rings. The van der Waals surface area contributed by atoms with Crippen LogP contribution in [0.3, 0.4) is 0 Å². The summed E-state index contributed by atoms with van der Waals surface area (Å²) in [5.74, 6) is -0.565. The molecule has 0 heterocycles. The maximum absolute atomic E-state index is 12.9. The molecule has 0 aromatic heterocycles. The fraction of sp³-hybridized carbons (Fsp3) is 0.892. The van der Waals surface area contributed by atoms with Crippen molar-refractivity contribution in [2.45, 2.75) is 206 Å². The second-order valence-electron chi connectivity index (χ2n) is 13.1. The first-order valence-electron chi connectivity index (χ1n) is 18.4. The predicted octanol–water partition coefficient (Wildman–Crippen LogP) is 11.8. The smallest absolute Gasteiger partial charge is 0.263 e. The Kier molecular flexibility index (Phi) is 43.6. The van der Waals surface area contributed by atoms with Crippen molar-refractivity contribution in [3.8, 4) is 0 Å². The van der Waals surface area contributed by atoms with E-state index >= 15 is 0 Å². The zero-order valence-corrected chi connectivity index (χ0v) is 32.3. The van der Waals surface area contributed by atoms with Gasteiger partial charge in [0.2, 0.25) is 5.91 Å². The van der Waals surface area contributed by atoms with Crippen molar-refractivity contribution in [3.05, 3.63) is 12.2 Å². The van der Waals surface area contributed by atoms with Gasteiger partial charge in [-0.2, -0.15) is 0 Å². The van der Waals surface area contributed by atoms with E-state index in [-0.39, 0.29) is 43.1 Å². The highest BCUT2D eigenvalue weighted by Gasteiger charge is 2.31. The first-order chi connectivity index (χ1) is 20.3. The number of nitrogens with two attached hydrogens (primary N) is 2. The van der Waals surface area contributed by atoms with E-state index in [9.17, 15) is 9.59 Å². The van der Waals surface area contributed by atoms with Crippen molar-refractivity contribution >= 4 is 49.0 Å². The highest BCUT2D eigenvalue weighted by atomic mass is 35.5. The molecule has 0 bridgehead atoms. The van der Waals surface area contributed by atoms with Gasteiger partial charge in [-0.3, -0.25) is 14.5 Å². The number of carbonyl (C=O) groups excluding carboxylic acids is 2. The summed E-state index contributed by atoms with van der Waals surface area (Å²) in [5.41, 5.74) is 10.3. The molecule has 0 atom stereocenters. The molecule has 0 aliphatic heterocycles. The third-order valence-corrected chi connectivity index (χ3v) is 8.39. The molecule has 0 radical (unpaired) electrons. The van der Waals surface area contributed by atoms with Crippen LogP contribution in [0.15, 0.2) is 12.2 Å². The van der Waals surface area contributed by atoms with E-state index in [2.05, 4.69) is 26.0 Å². The lowest BCUT2D eigenvalue weighted by atomic mass is 10.0. The summed E-state index contributed by atoms with van der Waals surface area (Å²) in [6.45, 7) is 6.46. The van der Waals surface area contributed by atoms with Gasteiger partial charge in [0.25, 0.3) is 5.91 Å². The Labute approximate surface area is 298 Å². The summed E-state index contributed by atoms with van der Waals surface area (Å²) in [6.07, 6.45) is 38.9. The number of unbranched alkanes of at least 4 members (excludes halogenated alkanes) is 24. The summed E-state index contributed by atoms with van der Waals surface area (Å²) >= 11 is 0. The second kappa shape index (κ2) is 38.1. The molecule has 5 nitrogen and oxygen atoms in total. The first-order valence-corrected chi connectivity index (χ1v) is 18.4. The average Bonchev–Trinajstić information content (AvgIpc) is 2.96. The summed E-state index contributed by atoms with van der Waals surface area (Å²) < 4.78 is 0. The molecule has 4 N–H and O–H groups in total. The van der Waals surface area contributed by atoms with Gasteiger partial charge >= 0.3 is 0 Å². The second-order valence-corrected chi connectivity index (χ2v) is 13.1. The molecular weight excluding hydrogens is 625 g/mol. The maximum Gasteiger partial charge on any atom is 0.263 e. The van der Waals surface area contributed by atoms with E-state index in [4.69, 9.17) is 11.5 Å². The minimum Gasteiger partial charge on any atom is -0.306 e. The van der Waals surface area contributed by atoms with Crippen LogP contribution in [0.2, 0.25) is 0 Å². The van der Waals surface area contributed by atoms with E-state index < -0.39 is 11.6 Å². The van der Waals surface area contributed by atoms with Crippen LogP contribution in [-0.2, 0) is 9.59 Å². The highest BCUT2D eigenvalue weighted by Crippen LogP contribution is 2.15. The van der Waals surface area contributed by atoms with E-state index in [0.717, 1.165) is 44.9 Å². The highest BCUT2D eigenvalue weighted by molar-refractivity contribution is 5.99. The molecule has 0 unspecified atom stereocenters. The standard InChI is InChI=1S/C37H73N3O2.3ClH/c1-4-6-8-10-12-14-16-18-20-21-23-25-27-29-31-33-35(41)40(36(42)37(3,38)39)34-32-30-28-26-24-22-19-17-15-13-11-9-7-5-2;;;/h18,20H,4-17,19,21-34,38-39H2,1-3H3;3*1H/b20-18-;;;. The molecule has 0 aliphatic carbocycles. The number of nitrogens with zero attached hydrogens (tertiary/aromatic N) is 1. The van der Waals surface area contributed by atoms with Crippen molar-refractivity contribution in [2.24, 2.45) is 11.5 Å². The molecule has 45 heavy (non-hydrogen) atoms. The number of amides is 2. The quantitative estimate of drug-likeness (QED) is 0.0428. The molecule has 8 heteroatoms. The summed E-state index contributed by atoms with van der Waals surface area (Å²) in [7, 11) is 0. The lowest BCUT2D eigenvalue weighted by Gasteiger charge is -2.27. The minimum absolute atomic E-state index is 0. The molecule has 0 saturated heterocycles. The Hall–Kier alpha value is -0.330. The normalized spacial score (nSPS) is 11.1. The first kappa shape index (κ1) is 51.5. The van der Waals surface area contributed by atoms with Gasteiger partial charge < -0.3 is 11.5 Å². The van der Waals surface area contributed by atoms with Crippen LogP contribution >= 0.6 is 37.2 Å². The lowest BCUT2D eigenvalue weighted by Crippen LogP contribution is -2.61. The van der Waals surface area contributed by atoms with Gasteiger partial charge in [0.15, 0.2) is 0 Å². The Bertz CT molecular complexity index is 657. The molecule has 0 rings (SSSR count). The number of allylic oxidation sites excluding steroid dienone is 2. The van der Waals surface area contributed by atoms with Crippen LogP contribution in [0.4, 0.5) is 0 Å². The molecular formula is C37H76Cl3N3O2. The molecule has 0 saturated carbocycles. The molecule has 0 spiro atoms. The zero-order chi connectivity index (χ0) is 31.2. The van der Waals surface area contributed by atoms with Crippen molar-refractivity contribution in [1.82, 2.24) is 4.90 Å². The van der Waals surface area contributed by atoms with Crippen molar-refractivity contribution in [1.29, 1.82) is 0 Å². The molecule has 2 amide bonds. The van der Waals surface area contributed by atoms with E-state index in [1.807, 2.05) is 0 Å². The maximum atomic E-state index is 12.9. The van der Waals surface area contributed by atoms with Gasteiger partial charge in [-0.15, -0.1) is 37.2 Å². The topological polar surface area (TPSA) is 89.4 Å². The van der Waals surface area contributed by atoms with Gasteiger partial charge in [-0.25, -0.2) is 0 Å². The summed E-state index contributed by atoms with van der Waals surface area (Å²) in [5, 5.41) is 0. The van der Waals surface area contributed by atoms with Gasteiger partial charge in [0, 0.05) is 13.0 Å². The number of rotatable bonds is 31. The minimum atomic E-state index is -1.51. The molecule has 0 aromatic rings. The molecule has 0 aromatic carbocycles. The van der Waals surface area contributed by atoms with Gasteiger partial charge in [0.05, 0.1) is 0 Å². The van der Waals surface area contributed by atoms with Gasteiger partial charge in [-0.1, -0.05) is 161 Å². The van der Waals surface area contributed by atoms with Gasteiger partial charge in [0.1, 0.15) is 5.66 Å². The fourth-order valence-electron chi connectivity index (χ4n) is 5.58.